The molecule has 0 aromatic heterocycles. The Morgan fingerprint density at radius 2 is 1.29 bits per heavy atom. The van der Waals surface area contributed by atoms with Crippen LogP contribution in [0.25, 0.3) is 0 Å². The van der Waals surface area contributed by atoms with E-state index in [-0.39, 0.29) is 22.0 Å². The maximum Gasteiger partial charge on any atom is 0.258 e. The molecule has 1 fully saturated rings. The van der Waals surface area contributed by atoms with Crippen molar-refractivity contribution in [1.82, 2.24) is 14.5 Å². The largest absolute Gasteiger partial charge is 0.332 e. The van der Waals surface area contributed by atoms with E-state index in [0.717, 1.165) is 0 Å². The summed E-state index contributed by atoms with van der Waals surface area (Å²) < 4.78 is 29.1. The van der Waals surface area contributed by atoms with Gasteiger partial charge in [-0.15, -0.1) is 0 Å². The van der Waals surface area contributed by atoms with E-state index in [1.165, 1.54) is 11.1 Å². The third-order valence-corrected chi connectivity index (χ3v) is 9.77. The van der Waals surface area contributed by atoms with Gasteiger partial charge in [0.05, 0.1) is 16.5 Å². The van der Waals surface area contributed by atoms with Crippen molar-refractivity contribution in [3.05, 3.63) is 130 Å². The molecule has 4 aromatic carbocycles. The number of nitrogens with one attached hydrogen (secondary N) is 2. The predicted molar refractivity (Wildman–Crippen MR) is 169 cm³/mol. The van der Waals surface area contributed by atoms with Crippen LogP contribution in [0.3, 0.4) is 0 Å². The average Bonchev–Trinajstić information content (AvgIpc) is 2.99. The molecule has 0 aliphatic carbocycles. The highest BCUT2D eigenvalue weighted by Crippen LogP contribution is 2.30. The second-order valence-electron chi connectivity index (χ2n) is 9.58. The number of amides is 1. The molecule has 210 valence electrons. The van der Waals surface area contributed by atoms with Crippen LogP contribution in [0.2, 0.25) is 0 Å². The number of nitrogens with zero attached hydrogens (tertiary/aromatic N) is 2. The Morgan fingerprint density at radius 1 is 0.756 bits per heavy atom. The van der Waals surface area contributed by atoms with Gasteiger partial charge in [0.1, 0.15) is 0 Å². The molecule has 1 amide bonds. The molecule has 5 rings (SSSR count). The quantitative estimate of drug-likeness (QED) is 0.251. The van der Waals surface area contributed by atoms with Crippen LogP contribution >= 0.6 is 28.1 Å². The van der Waals surface area contributed by atoms with Crippen LogP contribution in [0.4, 0.5) is 5.69 Å². The van der Waals surface area contributed by atoms with Gasteiger partial charge in [-0.3, -0.25) is 15.0 Å². The fourth-order valence-corrected chi connectivity index (χ4v) is 7.02. The first-order valence-electron chi connectivity index (χ1n) is 13.1. The number of hydrogen-bond acceptors (Lipinski definition) is 5. The van der Waals surface area contributed by atoms with Gasteiger partial charge in [-0.25, -0.2) is 8.42 Å². The molecule has 4 aromatic rings. The molecule has 1 heterocycles. The standard InChI is InChI=1S/C31H29BrN4O3S2/c32-28-14-8-7-13-27(28)30(37)34-31(40)33-25-15-17-26(18-16-25)41(38,39)36-21-19-35(20-22-36)29(23-9-3-1-4-10-23)24-11-5-2-6-12-24/h1-18,29H,19-22H2,(H2,33,34,37,40). The molecule has 1 aliphatic heterocycles. The van der Waals surface area contributed by atoms with Crippen molar-refractivity contribution in [3.63, 3.8) is 0 Å². The lowest BCUT2D eigenvalue weighted by molar-refractivity contribution is 0.0977. The fraction of sp³-hybridized carbons (Fsp3) is 0.161. The second kappa shape index (κ2) is 13.1. The summed E-state index contributed by atoms with van der Waals surface area (Å²) in [4.78, 5) is 15.0. The van der Waals surface area contributed by atoms with E-state index in [4.69, 9.17) is 12.2 Å². The molecule has 7 nitrogen and oxygen atoms in total. The van der Waals surface area contributed by atoms with Crippen LogP contribution in [0.5, 0.6) is 0 Å². The number of carbonyl (C=O) groups excluding carboxylic acids is 1. The molecule has 41 heavy (non-hydrogen) atoms. The van der Waals surface area contributed by atoms with Crippen molar-refractivity contribution in [2.75, 3.05) is 31.5 Å². The van der Waals surface area contributed by atoms with E-state index < -0.39 is 10.0 Å². The zero-order chi connectivity index (χ0) is 28.8. The molecule has 1 aliphatic rings. The predicted octanol–water partition coefficient (Wildman–Crippen LogP) is 5.67. The van der Waals surface area contributed by atoms with Crippen LogP contribution in [-0.4, -0.2) is 54.8 Å². The Balaban J connectivity index is 1.22. The van der Waals surface area contributed by atoms with Gasteiger partial charge in [0.25, 0.3) is 5.91 Å². The van der Waals surface area contributed by atoms with Crippen LogP contribution in [0, 0.1) is 0 Å². The highest BCUT2D eigenvalue weighted by atomic mass is 79.9. The lowest BCUT2D eigenvalue weighted by atomic mass is 9.96. The molecule has 1 saturated heterocycles. The van der Waals surface area contributed by atoms with E-state index in [1.54, 1.807) is 46.8 Å². The maximum atomic E-state index is 13.5. The molecule has 0 radical (unpaired) electrons. The second-order valence-corrected chi connectivity index (χ2v) is 12.8. The first-order valence-corrected chi connectivity index (χ1v) is 15.8. The number of thiocarbonyl (C=S) groups is 1. The van der Waals surface area contributed by atoms with Crippen LogP contribution in [-0.2, 0) is 10.0 Å². The van der Waals surface area contributed by atoms with Gasteiger partial charge in [-0.1, -0.05) is 72.8 Å². The van der Waals surface area contributed by atoms with Gasteiger partial charge in [0, 0.05) is 36.3 Å². The number of carbonyl (C=O) groups is 1. The minimum absolute atomic E-state index is 0.0555. The molecule has 0 spiro atoms. The minimum Gasteiger partial charge on any atom is -0.332 e. The van der Waals surface area contributed by atoms with Gasteiger partial charge in [0.2, 0.25) is 10.0 Å². The van der Waals surface area contributed by atoms with E-state index in [1.807, 2.05) is 42.5 Å². The first kappa shape index (κ1) is 29.1. The van der Waals surface area contributed by atoms with Crippen LogP contribution in [0.1, 0.15) is 27.5 Å². The summed E-state index contributed by atoms with van der Waals surface area (Å²) in [6, 6.07) is 34.1. The number of benzene rings is 4. The van der Waals surface area contributed by atoms with Gasteiger partial charge in [0.15, 0.2) is 5.11 Å². The number of sulfonamides is 1. The number of halogens is 1. The molecular formula is C31H29BrN4O3S2. The van der Waals surface area contributed by atoms with Crippen molar-refractivity contribution in [2.24, 2.45) is 0 Å². The maximum absolute atomic E-state index is 13.5. The summed E-state index contributed by atoms with van der Waals surface area (Å²) in [6.07, 6.45) is 0. The topological polar surface area (TPSA) is 81.8 Å². The van der Waals surface area contributed by atoms with Crippen molar-refractivity contribution in [1.29, 1.82) is 0 Å². The Bertz CT molecular complexity index is 1570. The number of piperazine rings is 1. The highest BCUT2D eigenvalue weighted by molar-refractivity contribution is 9.10. The summed E-state index contributed by atoms with van der Waals surface area (Å²) >= 11 is 8.63. The zero-order valence-corrected chi connectivity index (χ0v) is 25.3. The van der Waals surface area contributed by atoms with Crippen molar-refractivity contribution in [3.8, 4) is 0 Å². The Labute approximate surface area is 254 Å². The molecular weight excluding hydrogens is 620 g/mol. The van der Waals surface area contributed by atoms with E-state index in [2.05, 4.69) is 55.7 Å². The Hall–Kier alpha value is -3.41. The molecule has 0 atom stereocenters. The van der Waals surface area contributed by atoms with Crippen molar-refractivity contribution in [2.45, 2.75) is 10.9 Å². The third-order valence-electron chi connectivity index (χ3n) is 6.96. The monoisotopic (exact) mass is 648 g/mol. The smallest absolute Gasteiger partial charge is 0.258 e. The molecule has 0 bridgehead atoms. The summed E-state index contributed by atoms with van der Waals surface area (Å²) in [5, 5.41) is 5.69. The normalized spacial score (nSPS) is 14.5. The van der Waals surface area contributed by atoms with Crippen molar-refractivity contribution >= 4 is 54.9 Å². The Kier molecular flexibility index (Phi) is 9.26. The van der Waals surface area contributed by atoms with E-state index >= 15 is 0 Å². The SMILES string of the molecule is O=C(NC(=S)Nc1ccc(S(=O)(=O)N2CCN(C(c3ccccc3)c3ccccc3)CC2)cc1)c1ccccc1Br. The first-order chi connectivity index (χ1) is 19.8. The van der Waals surface area contributed by atoms with Gasteiger partial charge in [-0.05, 0) is 75.7 Å². The summed E-state index contributed by atoms with van der Waals surface area (Å²) in [6.45, 7) is 2.00. The van der Waals surface area contributed by atoms with E-state index in [9.17, 15) is 13.2 Å². The van der Waals surface area contributed by atoms with E-state index in [0.29, 0.717) is 41.9 Å². The number of rotatable bonds is 7. The van der Waals surface area contributed by atoms with Crippen molar-refractivity contribution < 1.29 is 13.2 Å². The Morgan fingerprint density at radius 3 is 1.85 bits per heavy atom. The molecule has 10 heteroatoms. The number of hydrogen-bond donors (Lipinski definition) is 2. The number of anilines is 1. The third kappa shape index (κ3) is 6.91. The molecule has 0 unspecified atom stereocenters. The lowest BCUT2D eigenvalue weighted by Gasteiger charge is -2.39. The summed E-state index contributed by atoms with van der Waals surface area (Å²) in [5.74, 6) is -0.352. The molecule has 2 N–H and O–H groups in total. The zero-order valence-electron chi connectivity index (χ0n) is 22.1. The fourth-order valence-electron chi connectivity index (χ4n) is 4.92. The lowest BCUT2D eigenvalue weighted by Crippen LogP contribution is -2.49. The van der Waals surface area contributed by atoms with Crippen LogP contribution < -0.4 is 10.6 Å². The molecule has 0 saturated carbocycles. The average molecular weight is 650 g/mol. The minimum atomic E-state index is -3.67. The van der Waals surface area contributed by atoms with Gasteiger partial charge >= 0.3 is 0 Å². The highest BCUT2D eigenvalue weighted by Gasteiger charge is 2.32. The van der Waals surface area contributed by atoms with Gasteiger partial charge in [-0.2, -0.15) is 4.31 Å². The van der Waals surface area contributed by atoms with Crippen LogP contribution in [0.15, 0.2) is 119 Å². The summed E-state index contributed by atoms with van der Waals surface area (Å²) in [5.41, 5.74) is 3.39. The summed E-state index contributed by atoms with van der Waals surface area (Å²) in [7, 11) is -3.67. The van der Waals surface area contributed by atoms with Gasteiger partial charge < -0.3 is 5.32 Å².